The van der Waals surface area contributed by atoms with Crippen LogP contribution in [0.2, 0.25) is 0 Å². The molecular formula is C13H14N4O7S. The smallest absolute Gasteiger partial charge is 0.300 e. The van der Waals surface area contributed by atoms with E-state index in [1.165, 1.54) is 18.2 Å². The molecule has 0 atom stereocenters. The highest BCUT2D eigenvalue weighted by Gasteiger charge is 2.18. The molecule has 2 aromatic rings. The van der Waals surface area contributed by atoms with Crippen molar-refractivity contribution in [2.75, 3.05) is 5.43 Å². The van der Waals surface area contributed by atoms with E-state index in [0.717, 1.165) is 17.7 Å². The van der Waals surface area contributed by atoms with Gasteiger partial charge < -0.3 is 5.43 Å². The van der Waals surface area contributed by atoms with Gasteiger partial charge in [0.05, 0.1) is 20.8 Å². The predicted octanol–water partition coefficient (Wildman–Crippen LogP) is 2.03. The van der Waals surface area contributed by atoms with Crippen molar-refractivity contribution < 1.29 is 22.8 Å². The number of nitrogen functional groups attached to an aromatic ring is 1. The maximum atomic E-state index is 10.5. The summed E-state index contributed by atoms with van der Waals surface area (Å²) in [5, 5.41) is 20.7. The Bertz CT molecular complexity index is 882. The minimum absolute atomic E-state index is 0.0283. The Hall–Kier alpha value is -3.09. The molecule has 25 heavy (non-hydrogen) atoms. The lowest BCUT2D eigenvalue weighted by molar-refractivity contribution is -0.393. The number of rotatable bonds is 4. The molecule has 0 unspecified atom stereocenters. The lowest BCUT2D eigenvalue weighted by Crippen LogP contribution is -2.09. The van der Waals surface area contributed by atoms with Crippen LogP contribution in [-0.4, -0.2) is 22.8 Å². The summed E-state index contributed by atoms with van der Waals surface area (Å²) in [5.41, 5.74) is 2.28. The third-order valence-electron chi connectivity index (χ3n) is 2.86. The van der Waals surface area contributed by atoms with Crippen LogP contribution >= 0.6 is 0 Å². The molecule has 2 aromatic carbocycles. The number of aryl methyl sites for hydroxylation is 1. The first-order valence-corrected chi connectivity index (χ1v) is 7.94. The molecule has 0 fully saturated rings. The van der Waals surface area contributed by atoms with Crippen LogP contribution in [0, 0.1) is 27.2 Å². The summed E-state index contributed by atoms with van der Waals surface area (Å²) in [6, 6.07) is 9.13. The van der Waals surface area contributed by atoms with Gasteiger partial charge in [-0.05, 0) is 25.1 Å². The number of nitro benzene ring substituents is 2. The third-order valence-corrected chi connectivity index (χ3v) is 3.73. The van der Waals surface area contributed by atoms with Gasteiger partial charge in [0.15, 0.2) is 0 Å². The fourth-order valence-corrected chi connectivity index (χ4v) is 2.10. The normalized spacial score (nSPS) is 10.4. The van der Waals surface area contributed by atoms with Gasteiger partial charge in [-0.25, -0.2) is 0 Å². The minimum Gasteiger partial charge on any atom is -0.318 e. The second kappa shape index (κ2) is 8.14. The fourth-order valence-electron chi connectivity index (χ4n) is 1.62. The molecule has 0 aromatic heterocycles. The van der Waals surface area contributed by atoms with Gasteiger partial charge in [0.2, 0.25) is 0 Å². The first-order chi connectivity index (χ1) is 11.6. The van der Waals surface area contributed by atoms with Gasteiger partial charge in [0.25, 0.3) is 15.8 Å². The quantitative estimate of drug-likeness (QED) is 0.314. The molecule has 0 bridgehead atoms. The minimum atomic E-state index is -4.02. The summed E-state index contributed by atoms with van der Waals surface area (Å²) in [5.74, 6) is 4.99. The van der Waals surface area contributed by atoms with E-state index < -0.39 is 25.7 Å². The summed E-state index contributed by atoms with van der Waals surface area (Å²) in [4.78, 5) is 19.2. The first-order valence-electron chi connectivity index (χ1n) is 6.50. The van der Waals surface area contributed by atoms with Gasteiger partial charge in [-0.2, -0.15) is 8.42 Å². The van der Waals surface area contributed by atoms with E-state index >= 15 is 0 Å². The van der Waals surface area contributed by atoms with Crippen molar-refractivity contribution >= 4 is 27.2 Å². The monoisotopic (exact) mass is 370 g/mol. The van der Waals surface area contributed by atoms with Crippen LogP contribution < -0.4 is 11.3 Å². The number of benzene rings is 2. The molecule has 0 saturated heterocycles. The van der Waals surface area contributed by atoms with Crippen molar-refractivity contribution in [3.05, 3.63) is 68.3 Å². The molecule has 134 valence electrons. The van der Waals surface area contributed by atoms with Crippen molar-refractivity contribution in [3.8, 4) is 0 Å². The van der Waals surface area contributed by atoms with E-state index in [9.17, 15) is 28.6 Å². The number of anilines is 1. The topological polar surface area (TPSA) is 179 Å². The molecule has 0 aliphatic rings. The first kappa shape index (κ1) is 20.0. The summed E-state index contributed by atoms with van der Waals surface area (Å²) >= 11 is 0. The maximum absolute atomic E-state index is 10.5. The molecular weight excluding hydrogens is 356 g/mol. The molecule has 0 spiro atoms. The molecule has 0 saturated carbocycles. The highest BCUT2D eigenvalue weighted by atomic mass is 32.2. The highest BCUT2D eigenvalue weighted by molar-refractivity contribution is 7.85. The molecule has 4 N–H and O–H groups in total. The lowest BCUT2D eigenvalue weighted by atomic mass is 10.2. The summed E-state index contributed by atoms with van der Waals surface area (Å²) in [6.45, 7) is 1.84. The van der Waals surface area contributed by atoms with Crippen LogP contribution in [0.4, 0.5) is 17.1 Å². The summed E-state index contributed by atoms with van der Waals surface area (Å²) < 4.78 is 29.6. The predicted molar refractivity (Wildman–Crippen MR) is 88.6 cm³/mol. The van der Waals surface area contributed by atoms with Crippen LogP contribution in [-0.2, 0) is 10.1 Å². The number of non-ortho nitro benzene ring substituents is 1. The van der Waals surface area contributed by atoms with E-state index in [-0.39, 0.29) is 16.3 Å². The Morgan fingerprint density at radius 1 is 1.04 bits per heavy atom. The number of nitro groups is 2. The number of nitrogens with two attached hydrogens (primary N) is 1. The molecule has 0 radical (unpaired) electrons. The van der Waals surface area contributed by atoms with Crippen LogP contribution in [0.3, 0.4) is 0 Å². The molecule has 0 aliphatic heterocycles. The van der Waals surface area contributed by atoms with Gasteiger partial charge in [-0.3, -0.25) is 30.6 Å². The molecule has 2 rings (SSSR count). The second-order valence-corrected chi connectivity index (χ2v) is 6.07. The van der Waals surface area contributed by atoms with Crippen molar-refractivity contribution in [3.63, 3.8) is 0 Å². The van der Waals surface area contributed by atoms with E-state index in [1.54, 1.807) is 12.1 Å². The Kier molecular flexibility index (Phi) is 6.50. The number of hydrazine groups is 1. The van der Waals surface area contributed by atoms with Gasteiger partial charge in [-0.1, -0.05) is 17.7 Å². The molecule has 11 nitrogen and oxygen atoms in total. The largest absolute Gasteiger partial charge is 0.318 e. The van der Waals surface area contributed by atoms with Gasteiger partial charge in [-0.15, -0.1) is 0 Å². The highest BCUT2D eigenvalue weighted by Crippen LogP contribution is 2.27. The third kappa shape index (κ3) is 5.80. The SMILES string of the molecule is Cc1ccc(S(=O)(=O)O)cc1.NNc1ccc([N+](=O)[O-])cc1[N+](=O)[O-]. The van der Waals surface area contributed by atoms with Crippen LogP contribution in [0.25, 0.3) is 0 Å². The van der Waals surface area contributed by atoms with E-state index in [0.29, 0.717) is 0 Å². The van der Waals surface area contributed by atoms with Crippen molar-refractivity contribution in [1.82, 2.24) is 0 Å². The Balaban J connectivity index is 0.000000257. The molecule has 0 amide bonds. The summed E-state index contributed by atoms with van der Waals surface area (Å²) in [6.07, 6.45) is 0. The number of nitrogens with one attached hydrogen (secondary N) is 1. The van der Waals surface area contributed by atoms with Gasteiger partial charge in [0, 0.05) is 6.07 Å². The van der Waals surface area contributed by atoms with E-state index in [4.69, 9.17) is 10.4 Å². The van der Waals surface area contributed by atoms with E-state index in [1.807, 2.05) is 6.92 Å². The zero-order valence-corrected chi connectivity index (χ0v) is 13.6. The van der Waals surface area contributed by atoms with Crippen LogP contribution in [0.1, 0.15) is 5.56 Å². The zero-order chi connectivity index (χ0) is 19.2. The van der Waals surface area contributed by atoms with Crippen molar-refractivity contribution in [1.29, 1.82) is 0 Å². The second-order valence-electron chi connectivity index (χ2n) is 4.65. The summed E-state index contributed by atoms with van der Waals surface area (Å²) in [7, 11) is -4.02. The zero-order valence-electron chi connectivity index (χ0n) is 12.8. The number of hydrogen-bond acceptors (Lipinski definition) is 8. The maximum Gasteiger partial charge on any atom is 0.300 e. The van der Waals surface area contributed by atoms with Crippen LogP contribution in [0.15, 0.2) is 47.4 Å². The average Bonchev–Trinajstić information content (AvgIpc) is 2.54. The van der Waals surface area contributed by atoms with Crippen molar-refractivity contribution in [2.45, 2.75) is 11.8 Å². The standard InChI is InChI=1S/C7H8O3S.C6H6N4O4/c1-6-2-4-7(5-3-6)11(8,9)10;7-8-5-2-1-4(9(11)12)3-6(5)10(13)14/h2-5H,1H3,(H,8,9,10);1-3,8H,7H2. The average molecular weight is 370 g/mol. The number of hydrogen-bond donors (Lipinski definition) is 3. The molecule has 0 heterocycles. The molecule has 12 heteroatoms. The fraction of sp³-hybridized carbons (Fsp3) is 0.0769. The number of nitrogens with zero attached hydrogens (tertiary/aromatic N) is 2. The van der Waals surface area contributed by atoms with E-state index in [2.05, 4.69) is 5.43 Å². The Labute approximate surface area is 142 Å². The van der Waals surface area contributed by atoms with Crippen LogP contribution in [0.5, 0.6) is 0 Å². The molecule has 0 aliphatic carbocycles. The van der Waals surface area contributed by atoms with Crippen molar-refractivity contribution in [2.24, 2.45) is 5.84 Å². The van der Waals surface area contributed by atoms with Gasteiger partial charge >= 0.3 is 5.69 Å². The van der Waals surface area contributed by atoms with Gasteiger partial charge in [0.1, 0.15) is 5.69 Å². The Morgan fingerprint density at radius 2 is 1.60 bits per heavy atom. The lowest BCUT2D eigenvalue weighted by Gasteiger charge is -2.00. The Morgan fingerprint density at radius 3 is 2.00 bits per heavy atom.